The van der Waals surface area contributed by atoms with Crippen molar-refractivity contribution in [2.45, 2.75) is 6.04 Å². The number of benzene rings is 4. The minimum absolute atomic E-state index is 0.285. The molecule has 0 radical (unpaired) electrons. The molecule has 1 saturated heterocycles. The van der Waals surface area contributed by atoms with Gasteiger partial charge in [-0.1, -0.05) is 127 Å². The quantitative estimate of drug-likeness (QED) is 0.310. The van der Waals surface area contributed by atoms with E-state index in [1.165, 1.54) is 27.8 Å². The molecule has 1 aliphatic heterocycles. The zero-order valence-electron chi connectivity index (χ0n) is 19.6. The second kappa shape index (κ2) is 11.1. The van der Waals surface area contributed by atoms with Gasteiger partial charge < -0.3 is 0 Å². The Morgan fingerprint density at radius 1 is 0.559 bits per heavy atom. The Kier molecular flexibility index (Phi) is 7.30. The highest BCUT2D eigenvalue weighted by Crippen LogP contribution is 2.31. The summed E-state index contributed by atoms with van der Waals surface area (Å²) in [6.45, 7) is 5.32. The summed E-state index contributed by atoms with van der Waals surface area (Å²) in [7, 11) is 0. The largest absolute Gasteiger partial charge is 0.297 e. The van der Waals surface area contributed by atoms with Crippen molar-refractivity contribution in [1.29, 1.82) is 0 Å². The van der Waals surface area contributed by atoms with Crippen LogP contribution in [0.4, 0.5) is 0 Å². The van der Waals surface area contributed by atoms with Gasteiger partial charge in [-0.05, 0) is 27.8 Å². The zero-order chi connectivity index (χ0) is 23.0. The molecule has 1 atom stereocenters. The summed E-state index contributed by atoms with van der Waals surface area (Å²) in [5, 5.41) is 0. The summed E-state index contributed by atoms with van der Waals surface area (Å²) in [5.74, 6) is 0. The molecule has 0 bridgehead atoms. The smallest absolute Gasteiger partial charge is 0.0602 e. The Balaban J connectivity index is 1.28. The first-order valence-corrected chi connectivity index (χ1v) is 12.3. The molecular weight excluding hydrogens is 412 g/mol. The Morgan fingerprint density at radius 3 is 1.74 bits per heavy atom. The summed E-state index contributed by atoms with van der Waals surface area (Å²) in [6, 6.07) is 41.6. The molecule has 2 nitrogen and oxygen atoms in total. The number of hydrogen-bond acceptors (Lipinski definition) is 2. The first-order chi connectivity index (χ1) is 16.9. The van der Waals surface area contributed by atoms with Crippen molar-refractivity contribution in [2.75, 3.05) is 32.7 Å². The number of rotatable bonds is 7. The minimum Gasteiger partial charge on any atom is -0.297 e. The molecule has 4 aromatic carbocycles. The van der Waals surface area contributed by atoms with E-state index in [0.717, 1.165) is 32.7 Å². The van der Waals surface area contributed by atoms with Gasteiger partial charge in [-0.15, -0.1) is 0 Å². The average molecular weight is 445 g/mol. The van der Waals surface area contributed by atoms with Crippen LogP contribution in [-0.4, -0.2) is 42.5 Å². The highest BCUT2D eigenvalue weighted by Gasteiger charge is 2.26. The van der Waals surface area contributed by atoms with E-state index in [2.05, 4.69) is 137 Å². The van der Waals surface area contributed by atoms with Crippen LogP contribution in [-0.2, 0) is 0 Å². The van der Waals surface area contributed by atoms with Gasteiger partial charge in [0.05, 0.1) is 6.04 Å². The standard InChI is InChI=1S/C32H32N2/c1-4-11-27(12-5-1)13-10-22-33-23-25-34(26-24-33)32(30-16-8-3-9-17-30)31-20-18-29(19-21-31)28-14-6-2-7-15-28/h1-21,32H,22-26H2/b13-10-/t32-/m0/s1. The molecule has 0 N–H and O–H groups in total. The molecule has 0 amide bonds. The van der Waals surface area contributed by atoms with Gasteiger partial charge in [-0.2, -0.15) is 0 Å². The zero-order valence-corrected chi connectivity index (χ0v) is 19.6. The third-order valence-corrected chi connectivity index (χ3v) is 6.69. The van der Waals surface area contributed by atoms with Gasteiger partial charge in [-0.3, -0.25) is 9.80 Å². The lowest BCUT2D eigenvalue weighted by Gasteiger charge is -2.39. The minimum atomic E-state index is 0.285. The van der Waals surface area contributed by atoms with Crippen LogP contribution in [0, 0.1) is 0 Å². The summed E-state index contributed by atoms with van der Waals surface area (Å²) >= 11 is 0. The fraction of sp³-hybridized carbons (Fsp3) is 0.188. The monoisotopic (exact) mass is 444 g/mol. The Bertz CT molecular complexity index is 1160. The molecule has 0 unspecified atom stereocenters. The van der Waals surface area contributed by atoms with E-state index in [4.69, 9.17) is 0 Å². The highest BCUT2D eigenvalue weighted by molar-refractivity contribution is 5.63. The number of hydrogen-bond donors (Lipinski definition) is 0. The third kappa shape index (κ3) is 5.53. The molecule has 0 saturated carbocycles. The van der Waals surface area contributed by atoms with E-state index in [9.17, 15) is 0 Å². The van der Waals surface area contributed by atoms with E-state index in [1.807, 2.05) is 0 Å². The molecular formula is C32H32N2. The van der Waals surface area contributed by atoms with E-state index in [-0.39, 0.29) is 6.04 Å². The van der Waals surface area contributed by atoms with E-state index in [0.29, 0.717) is 0 Å². The van der Waals surface area contributed by atoms with Crippen molar-refractivity contribution < 1.29 is 0 Å². The summed E-state index contributed by atoms with van der Waals surface area (Å²) < 4.78 is 0. The van der Waals surface area contributed by atoms with Gasteiger partial charge in [0.2, 0.25) is 0 Å². The summed E-state index contributed by atoms with van der Waals surface area (Å²) in [4.78, 5) is 5.20. The van der Waals surface area contributed by atoms with Gasteiger partial charge in [0.15, 0.2) is 0 Å². The highest BCUT2D eigenvalue weighted by atomic mass is 15.3. The van der Waals surface area contributed by atoms with Gasteiger partial charge in [0.25, 0.3) is 0 Å². The molecule has 1 heterocycles. The summed E-state index contributed by atoms with van der Waals surface area (Å²) in [5.41, 5.74) is 6.54. The van der Waals surface area contributed by atoms with Crippen LogP contribution in [0.25, 0.3) is 17.2 Å². The van der Waals surface area contributed by atoms with E-state index in [1.54, 1.807) is 0 Å². The van der Waals surface area contributed by atoms with Crippen molar-refractivity contribution in [3.63, 3.8) is 0 Å². The van der Waals surface area contributed by atoms with E-state index >= 15 is 0 Å². The van der Waals surface area contributed by atoms with Gasteiger partial charge in [-0.25, -0.2) is 0 Å². The molecule has 2 heteroatoms. The maximum atomic E-state index is 2.64. The predicted octanol–water partition coefficient (Wildman–Crippen LogP) is 6.77. The Hall–Kier alpha value is -3.46. The van der Waals surface area contributed by atoms with Crippen LogP contribution in [0.5, 0.6) is 0 Å². The molecule has 5 rings (SSSR count). The Labute approximate surface area is 203 Å². The van der Waals surface area contributed by atoms with Crippen molar-refractivity contribution in [1.82, 2.24) is 9.80 Å². The molecule has 34 heavy (non-hydrogen) atoms. The van der Waals surface area contributed by atoms with Gasteiger partial charge in [0, 0.05) is 32.7 Å². The van der Waals surface area contributed by atoms with Crippen LogP contribution < -0.4 is 0 Å². The molecule has 0 spiro atoms. The second-order valence-electron chi connectivity index (χ2n) is 8.95. The lowest BCUT2D eigenvalue weighted by atomic mass is 9.94. The van der Waals surface area contributed by atoms with Crippen LogP contribution in [0.15, 0.2) is 121 Å². The molecule has 0 aromatic heterocycles. The number of piperazine rings is 1. The van der Waals surface area contributed by atoms with Crippen molar-refractivity contribution in [3.8, 4) is 11.1 Å². The maximum absolute atomic E-state index is 2.64. The SMILES string of the molecule is C(=C/c1ccccc1)/CN1CCN([C@@H](c2ccccc2)c2ccc(-c3ccccc3)cc2)CC1. The van der Waals surface area contributed by atoms with Crippen molar-refractivity contribution in [3.05, 3.63) is 138 Å². The van der Waals surface area contributed by atoms with Crippen molar-refractivity contribution in [2.24, 2.45) is 0 Å². The molecule has 170 valence electrons. The molecule has 4 aromatic rings. The van der Waals surface area contributed by atoms with E-state index < -0.39 is 0 Å². The predicted molar refractivity (Wildman–Crippen MR) is 144 cm³/mol. The van der Waals surface area contributed by atoms with Crippen LogP contribution in [0.3, 0.4) is 0 Å². The Morgan fingerprint density at radius 2 is 1.09 bits per heavy atom. The van der Waals surface area contributed by atoms with Crippen LogP contribution in [0.1, 0.15) is 22.7 Å². The summed E-state index contributed by atoms with van der Waals surface area (Å²) in [6.07, 6.45) is 4.52. The third-order valence-electron chi connectivity index (χ3n) is 6.69. The van der Waals surface area contributed by atoms with Crippen LogP contribution >= 0.6 is 0 Å². The molecule has 1 aliphatic rings. The topological polar surface area (TPSA) is 6.48 Å². The van der Waals surface area contributed by atoms with Gasteiger partial charge >= 0.3 is 0 Å². The normalized spacial score (nSPS) is 16.0. The average Bonchev–Trinajstić information content (AvgIpc) is 2.92. The maximum Gasteiger partial charge on any atom is 0.0602 e. The lowest BCUT2D eigenvalue weighted by Crippen LogP contribution is -2.47. The fourth-order valence-corrected chi connectivity index (χ4v) is 4.84. The lowest BCUT2D eigenvalue weighted by molar-refractivity contribution is 0.118. The first-order valence-electron chi connectivity index (χ1n) is 12.3. The molecule has 1 fully saturated rings. The second-order valence-corrected chi connectivity index (χ2v) is 8.95. The van der Waals surface area contributed by atoms with Crippen molar-refractivity contribution >= 4 is 6.08 Å². The molecule has 0 aliphatic carbocycles. The van der Waals surface area contributed by atoms with Crippen LogP contribution in [0.2, 0.25) is 0 Å². The van der Waals surface area contributed by atoms with Gasteiger partial charge in [0.1, 0.15) is 0 Å². The first kappa shape index (κ1) is 22.3. The number of nitrogens with zero attached hydrogens (tertiary/aromatic N) is 2. The fourth-order valence-electron chi connectivity index (χ4n) is 4.84.